The van der Waals surface area contributed by atoms with E-state index in [1.54, 1.807) is 60.0 Å². The molecule has 0 aliphatic heterocycles. The minimum Gasteiger partial charge on any atom is -0.321 e. The van der Waals surface area contributed by atoms with Gasteiger partial charge in [0.1, 0.15) is 10.9 Å². The monoisotopic (exact) mass is 753 g/mol. The van der Waals surface area contributed by atoms with Crippen LogP contribution in [0.5, 0.6) is 0 Å². The Labute approximate surface area is 320 Å². The molecule has 54 heavy (non-hydrogen) atoms. The lowest BCUT2D eigenvalue weighted by atomic mass is 10.0. The lowest BCUT2D eigenvalue weighted by molar-refractivity contribution is -0.384. The van der Waals surface area contributed by atoms with Crippen LogP contribution < -0.4 is 16.0 Å². The molecule has 0 saturated heterocycles. The number of thioether (sulfide) groups is 1. The predicted molar refractivity (Wildman–Crippen MR) is 215 cm³/mol. The Bertz CT molecular complexity index is 2290. The zero-order chi connectivity index (χ0) is 38.0. The number of nitrogens with zero attached hydrogens (tertiary/aromatic N) is 2. The highest BCUT2D eigenvalue weighted by Crippen LogP contribution is 2.37. The number of carbonyl (C=O) groups excluding carboxylic acids is 3. The predicted octanol–water partition coefficient (Wildman–Crippen LogP) is 9.72. The number of aromatic nitrogens is 1. The van der Waals surface area contributed by atoms with Gasteiger partial charge in [-0.25, -0.2) is 4.98 Å². The quantitative estimate of drug-likeness (QED) is 0.0461. The van der Waals surface area contributed by atoms with Crippen LogP contribution in [-0.4, -0.2) is 27.6 Å². The van der Waals surface area contributed by atoms with E-state index >= 15 is 0 Å². The molecule has 6 aromatic rings. The molecule has 3 N–H and O–H groups in total. The fraction of sp³-hybridized carbons (Fsp3) is 0.0952. The van der Waals surface area contributed by atoms with Gasteiger partial charge in [0.25, 0.3) is 17.5 Å². The number of nitro groups is 1. The van der Waals surface area contributed by atoms with Crippen LogP contribution in [0.1, 0.15) is 52.1 Å². The Balaban J connectivity index is 1.17. The number of non-ortho nitro benzene ring substituents is 1. The maximum atomic E-state index is 13.7. The second-order valence-electron chi connectivity index (χ2n) is 12.4. The summed E-state index contributed by atoms with van der Waals surface area (Å²) in [6.45, 7) is 4.21. The molecule has 1 unspecified atom stereocenters. The first-order valence-electron chi connectivity index (χ1n) is 17.0. The first-order valence-corrected chi connectivity index (χ1v) is 18.7. The first-order chi connectivity index (χ1) is 26.1. The molecular formula is C42H35N5O5S2. The van der Waals surface area contributed by atoms with Gasteiger partial charge in [-0.3, -0.25) is 24.5 Å². The van der Waals surface area contributed by atoms with Crippen molar-refractivity contribution in [1.29, 1.82) is 0 Å². The molecule has 0 bridgehead atoms. The first kappa shape index (κ1) is 37.4. The number of nitrogens with one attached hydrogen (secondary N) is 3. The van der Waals surface area contributed by atoms with Crippen molar-refractivity contribution >= 4 is 63.4 Å². The molecular weight excluding hydrogens is 719 g/mol. The summed E-state index contributed by atoms with van der Waals surface area (Å²) in [6.07, 6.45) is 1.64. The van der Waals surface area contributed by atoms with Crippen LogP contribution in [0.4, 0.5) is 16.5 Å². The number of rotatable bonds is 13. The third-order valence-electron chi connectivity index (χ3n) is 8.24. The molecule has 3 amide bonds. The van der Waals surface area contributed by atoms with E-state index in [9.17, 15) is 24.5 Å². The van der Waals surface area contributed by atoms with Gasteiger partial charge in [-0.05, 0) is 65.1 Å². The number of thiazole rings is 1. The van der Waals surface area contributed by atoms with E-state index in [0.29, 0.717) is 33.6 Å². The van der Waals surface area contributed by atoms with Crippen molar-refractivity contribution in [3.8, 4) is 11.3 Å². The molecule has 270 valence electrons. The van der Waals surface area contributed by atoms with Crippen LogP contribution >= 0.6 is 23.1 Å². The van der Waals surface area contributed by atoms with E-state index in [4.69, 9.17) is 0 Å². The smallest absolute Gasteiger partial charge is 0.272 e. The van der Waals surface area contributed by atoms with Gasteiger partial charge in [-0.1, -0.05) is 98.8 Å². The highest BCUT2D eigenvalue weighted by atomic mass is 32.2. The summed E-state index contributed by atoms with van der Waals surface area (Å²) in [7, 11) is 0. The van der Waals surface area contributed by atoms with Gasteiger partial charge in [0.2, 0.25) is 5.91 Å². The molecule has 1 heterocycles. The second kappa shape index (κ2) is 17.4. The largest absolute Gasteiger partial charge is 0.321 e. The topological polar surface area (TPSA) is 143 Å². The lowest BCUT2D eigenvalue weighted by Gasteiger charge is -2.17. The molecule has 0 fully saturated rings. The molecule has 12 heteroatoms. The number of hydrogen-bond donors (Lipinski definition) is 3. The van der Waals surface area contributed by atoms with Gasteiger partial charge >= 0.3 is 0 Å². The van der Waals surface area contributed by atoms with Crippen molar-refractivity contribution in [2.75, 3.05) is 10.6 Å². The average molecular weight is 754 g/mol. The van der Waals surface area contributed by atoms with E-state index in [-0.39, 0.29) is 17.3 Å². The van der Waals surface area contributed by atoms with Gasteiger partial charge in [0, 0.05) is 39.2 Å². The van der Waals surface area contributed by atoms with Crippen LogP contribution in [0.3, 0.4) is 0 Å². The summed E-state index contributed by atoms with van der Waals surface area (Å²) in [5, 5.41) is 21.3. The zero-order valence-electron chi connectivity index (χ0n) is 29.3. The van der Waals surface area contributed by atoms with Crippen LogP contribution in [-0.2, 0) is 9.59 Å². The van der Waals surface area contributed by atoms with E-state index in [2.05, 4.69) is 34.8 Å². The Morgan fingerprint density at radius 2 is 1.48 bits per heavy atom. The van der Waals surface area contributed by atoms with Crippen LogP contribution in [0, 0.1) is 10.1 Å². The van der Waals surface area contributed by atoms with Crippen molar-refractivity contribution < 1.29 is 19.3 Å². The van der Waals surface area contributed by atoms with Gasteiger partial charge in [-0.2, -0.15) is 0 Å². The number of benzene rings is 5. The maximum Gasteiger partial charge on any atom is 0.272 e. The highest BCUT2D eigenvalue weighted by molar-refractivity contribution is 8.00. The van der Waals surface area contributed by atoms with Crippen molar-refractivity contribution in [1.82, 2.24) is 10.3 Å². The number of nitro benzene ring substituents is 1. The van der Waals surface area contributed by atoms with Gasteiger partial charge in [-0.15, -0.1) is 23.1 Å². The SMILES string of the molecule is CC(C)c1ccc(/C=C(\NC(=O)c2ccccc2)C(=O)Nc2ccc(SC(C(=O)Nc3nc(-c4cccc([N+](=O)[O-])c4)cs3)c3ccccc3)cc2)cc1. The third kappa shape index (κ3) is 9.73. The Hall–Kier alpha value is -6.37. The van der Waals surface area contributed by atoms with E-state index in [0.717, 1.165) is 21.6 Å². The minimum atomic E-state index is -0.651. The molecule has 0 radical (unpaired) electrons. The summed E-state index contributed by atoms with van der Waals surface area (Å²) in [4.78, 5) is 56.5. The number of hydrogen-bond acceptors (Lipinski definition) is 8. The normalized spacial score (nSPS) is 11.8. The number of carbonyl (C=O) groups is 3. The van der Waals surface area contributed by atoms with Crippen molar-refractivity contribution in [3.63, 3.8) is 0 Å². The van der Waals surface area contributed by atoms with Gasteiger partial charge < -0.3 is 16.0 Å². The Morgan fingerprint density at radius 1 is 0.796 bits per heavy atom. The summed E-state index contributed by atoms with van der Waals surface area (Å²) in [6, 6.07) is 39.1. The van der Waals surface area contributed by atoms with Crippen LogP contribution in [0.15, 0.2) is 149 Å². The molecule has 0 spiro atoms. The van der Waals surface area contributed by atoms with Crippen molar-refractivity contribution in [2.45, 2.75) is 29.9 Å². The van der Waals surface area contributed by atoms with Gasteiger partial charge in [0.15, 0.2) is 5.13 Å². The maximum absolute atomic E-state index is 13.7. The standard InChI is InChI=1S/C42H35N5O5S2/c1-27(2)29-18-16-28(17-19-29)24-36(44-39(48)31-12-7-4-8-13-31)40(49)43-33-20-22-35(23-21-33)54-38(30-10-5-3-6-11-30)41(50)46-42-45-37(26-53-42)32-14-9-15-34(25-32)47(51)52/h3-27,38H,1-2H3,(H,43,49)(H,44,48)(H,45,46,50)/b36-24-. The summed E-state index contributed by atoms with van der Waals surface area (Å²) in [5.41, 5.74) is 4.73. The fourth-order valence-corrected chi connectivity index (χ4v) is 7.10. The van der Waals surface area contributed by atoms with E-state index in [1.807, 2.05) is 72.8 Å². The van der Waals surface area contributed by atoms with E-state index < -0.39 is 22.0 Å². The van der Waals surface area contributed by atoms with Crippen molar-refractivity contribution in [3.05, 3.63) is 177 Å². The molecule has 6 rings (SSSR count). The fourth-order valence-electron chi connectivity index (χ4n) is 5.35. The molecule has 5 aromatic carbocycles. The van der Waals surface area contributed by atoms with E-state index in [1.165, 1.54) is 35.2 Å². The van der Waals surface area contributed by atoms with Crippen molar-refractivity contribution in [2.24, 2.45) is 0 Å². The summed E-state index contributed by atoms with van der Waals surface area (Å²) >= 11 is 2.56. The summed E-state index contributed by atoms with van der Waals surface area (Å²) < 4.78 is 0. The van der Waals surface area contributed by atoms with Crippen LogP contribution in [0.25, 0.3) is 17.3 Å². The van der Waals surface area contributed by atoms with Gasteiger partial charge in [0.05, 0.1) is 10.6 Å². The zero-order valence-corrected chi connectivity index (χ0v) is 30.9. The molecule has 0 aliphatic rings. The Morgan fingerprint density at radius 3 is 2.15 bits per heavy atom. The molecule has 0 saturated carbocycles. The minimum absolute atomic E-state index is 0.0451. The highest BCUT2D eigenvalue weighted by Gasteiger charge is 2.24. The summed E-state index contributed by atoms with van der Waals surface area (Å²) in [5.74, 6) is -0.857. The average Bonchev–Trinajstić information content (AvgIpc) is 3.66. The number of anilines is 2. The number of amides is 3. The molecule has 1 atom stereocenters. The third-order valence-corrected chi connectivity index (χ3v) is 10.3. The molecule has 10 nitrogen and oxygen atoms in total. The lowest BCUT2D eigenvalue weighted by Crippen LogP contribution is -2.30. The Kier molecular flexibility index (Phi) is 12.1. The molecule has 0 aliphatic carbocycles. The second-order valence-corrected chi connectivity index (χ2v) is 14.5. The molecule has 1 aromatic heterocycles. The van der Waals surface area contributed by atoms with Crippen LogP contribution in [0.2, 0.25) is 0 Å².